The number of carbonyl (C=O) groups excluding carboxylic acids is 1. The van der Waals surface area contributed by atoms with Crippen LogP contribution in [0.25, 0.3) is 22.2 Å². The molecule has 2 aliphatic rings. The summed E-state index contributed by atoms with van der Waals surface area (Å²) >= 11 is 6.43. The number of methoxy groups -OCH3 is 1. The zero-order valence-electron chi connectivity index (χ0n) is 26.7. The van der Waals surface area contributed by atoms with Gasteiger partial charge in [-0.05, 0) is 74.7 Å². The number of benzene rings is 3. The number of ether oxygens (including phenoxy) is 3. The first-order chi connectivity index (χ1) is 23.6. The van der Waals surface area contributed by atoms with Crippen molar-refractivity contribution in [3.05, 3.63) is 99.8 Å². The van der Waals surface area contributed by atoms with E-state index in [2.05, 4.69) is 24.9 Å². The number of hydrogen-bond donors (Lipinski definition) is 3. The number of nitrogens with zero attached hydrogens (tertiary/aromatic N) is 3. The number of aromatic nitrogens is 3. The average molecular weight is 713 g/mol. The van der Waals surface area contributed by atoms with Crippen molar-refractivity contribution in [1.29, 1.82) is 0 Å². The standard InChI is InChI=1S/C35H29ClF4N4O6/c1-33(2,46)23-14-26(42-30(28(23)38)22-9-10-24-31(27(22)36)50-35(39,40)49-24)34(47,19-5-4-6-20(37)13-19)16-41-32(45)17-11-18-15-44(21-7-8-21)43-29(18)25(12-17)48-3/h4-6,9-15,21,46-47H,7-8,16H2,1-3H3,(H,41,45)/t34-/m1/s1. The van der Waals surface area contributed by atoms with Crippen LogP contribution in [0.15, 0.2) is 60.8 Å². The molecule has 1 fully saturated rings. The summed E-state index contributed by atoms with van der Waals surface area (Å²) < 4.78 is 74.9. The minimum Gasteiger partial charge on any atom is -0.494 e. The largest absolute Gasteiger partial charge is 0.586 e. The quantitative estimate of drug-likeness (QED) is 0.146. The Kier molecular flexibility index (Phi) is 7.96. The van der Waals surface area contributed by atoms with Crippen LogP contribution in [0.1, 0.15) is 59.9 Å². The fourth-order valence-corrected chi connectivity index (χ4v) is 6.14. The summed E-state index contributed by atoms with van der Waals surface area (Å²) in [5, 5.41) is 30.8. The van der Waals surface area contributed by atoms with Gasteiger partial charge in [0.2, 0.25) is 0 Å². The van der Waals surface area contributed by atoms with Crippen LogP contribution in [-0.4, -0.2) is 50.8 Å². The second-order valence-electron chi connectivity index (χ2n) is 12.7. The van der Waals surface area contributed by atoms with Gasteiger partial charge in [-0.3, -0.25) is 9.48 Å². The van der Waals surface area contributed by atoms with E-state index in [1.54, 1.807) is 6.07 Å². The molecule has 10 nitrogen and oxygen atoms in total. The van der Waals surface area contributed by atoms with Gasteiger partial charge in [0.1, 0.15) is 28.4 Å². The molecule has 1 saturated carbocycles. The van der Waals surface area contributed by atoms with Crippen LogP contribution in [0.2, 0.25) is 5.02 Å². The van der Waals surface area contributed by atoms with Crippen molar-refractivity contribution in [2.24, 2.45) is 0 Å². The third kappa shape index (κ3) is 5.97. The Morgan fingerprint density at radius 3 is 2.56 bits per heavy atom. The molecule has 15 heteroatoms. The Balaban J connectivity index is 1.33. The van der Waals surface area contributed by atoms with Gasteiger partial charge in [-0.2, -0.15) is 5.10 Å². The van der Waals surface area contributed by atoms with Crippen LogP contribution < -0.4 is 19.5 Å². The van der Waals surface area contributed by atoms with Crippen molar-refractivity contribution in [2.75, 3.05) is 13.7 Å². The normalized spacial score (nSPS) is 16.4. The van der Waals surface area contributed by atoms with Crippen molar-refractivity contribution >= 4 is 28.4 Å². The molecular weight excluding hydrogens is 684 g/mol. The Morgan fingerprint density at radius 1 is 1.12 bits per heavy atom. The smallest absolute Gasteiger partial charge is 0.494 e. The zero-order valence-corrected chi connectivity index (χ0v) is 27.5. The maximum Gasteiger partial charge on any atom is 0.586 e. The van der Waals surface area contributed by atoms with Gasteiger partial charge in [0, 0.05) is 28.3 Å². The molecule has 1 amide bonds. The molecular formula is C35H29ClF4N4O6. The first-order valence-corrected chi connectivity index (χ1v) is 15.8. The van der Waals surface area contributed by atoms with Crippen molar-refractivity contribution in [3.63, 3.8) is 0 Å². The number of nitrogens with one attached hydrogen (secondary N) is 1. The number of fused-ring (bicyclic) bond motifs is 2. The average Bonchev–Trinajstić information content (AvgIpc) is 3.73. The number of halogens is 5. The molecule has 3 aromatic carbocycles. The second-order valence-corrected chi connectivity index (χ2v) is 13.1. The summed E-state index contributed by atoms with van der Waals surface area (Å²) in [5.74, 6) is -3.11. The van der Waals surface area contributed by atoms with E-state index in [0.29, 0.717) is 16.7 Å². The minimum absolute atomic E-state index is 0.0836. The fourth-order valence-electron chi connectivity index (χ4n) is 5.86. The van der Waals surface area contributed by atoms with Gasteiger partial charge < -0.3 is 29.7 Å². The van der Waals surface area contributed by atoms with Crippen LogP contribution >= 0.6 is 11.6 Å². The van der Waals surface area contributed by atoms with E-state index in [1.165, 1.54) is 39.2 Å². The number of aliphatic hydroxyl groups is 2. The van der Waals surface area contributed by atoms with Gasteiger partial charge in [0.15, 0.2) is 17.3 Å². The van der Waals surface area contributed by atoms with Gasteiger partial charge >= 0.3 is 6.29 Å². The highest BCUT2D eigenvalue weighted by atomic mass is 35.5. The van der Waals surface area contributed by atoms with Gasteiger partial charge in [0.25, 0.3) is 5.91 Å². The molecule has 1 aliphatic heterocycles. The molecule has 1 aliphatic carbocycles. The Labute approximate surface area is 287 Å². The molecule has 0 bridgehead atoms. The minimum atomic E-state index is -4.03. The van der Waals surface area contributed by atoms with Gasteiger partial charge in [-0.25, -0.2) is 13.8 Å². The number of carbonyl (C=O) groups is 1. The van der Waals surface area contributed by atoms with E-state index in [-0.39, 0.29) is 34.0 Å². The number of amides is 1. The maximum atomic E-state index is 16.2. The molecule has 2 aromatic heterocycles. The van der Waals surface area contributed by atoms with E-state index >= 15 is 4.39 Å². The third-order valence-electron chi connectivity index (χ3n) is 8.61. The summed E-state index contributed by atoms with van der Waals surface area (Å²) in [7, 11) is 1.45. The van der Waals surface area contributed by atoms with Crippen LogP contribution in [-0.2, 0) is 11.2 Å². The summed E-state index contributed by atoms with van der Waals surface area (Å²) in [6.45, 7) is 1.93. The molecule has 0 spiro atoms. The number of alkyl halides is 2. The third-order valence-corrected chi connectivity index (χ3v) is 8.98. The molecule has 1 atom stereocenters. The van der Waals surface area contributed by atoms with Crippen molar-refractivity contribution in [2.45, 2.75) is 50.2 Å². The lowest BCUT2D eigenvalue weighted by Crippen LogP contribution is -2.43. The van der Waals surface area contributed by atoms with Crippen molar-refractivity contribution in [1.82, 2.24) is 20.1 Å². The highest BCUT2D eigenvalue weighted by Crippen LogP contribution is 2.50. The van der Waals surface area contributed by atoms with Gasteiger partial charge in [0.05, 0.1) is 36.0 Å². The van der Waals surface area contributed by atoms with Gasteiger partial charge in [-0.1, -0.05) is 23.7 Å². The number of rotatable bonds is 9. The number of pyridine rings is 1. The highest BCUT2D eigenvalue weighted by molar-refractivity contribution is 6.35. The van der Waals surface area contributed by atoms with E-state index in [0.717, 1.165) is 43.2 Å². The summed E-state index contributed by atoms with van der Waals surface area (Å²) in [5.41, 5.74) is -5.11. The summed E-state index contributed by atoms with van der Waals surface area (Å²) in [6.07, 6.45) is -0.223. The summed E-state index contributed by atoms with van der Waals surface area (Å²) in [6, 6.07) is 11.6. The van der Waals surface area contributed by atoms with Crippen LogP contribution in [0, 0.1) is 11.6 Å². The fraction of sp³-hybridized carbons (Fsp3) is 0.286. The predicted molar refractivity (Wildman–Crippen MR) is 172 cm³/mol. The molecule has 260 valence electrons. The van der Waals surface area contributed by atoms with Crippen molar-refractivity contribution < 1.29 is 46.8 Å². The van der Waals surface area contributed by atoms with E-state index in [4.69, 9.17) is 16.3 Å². The highest BCUT2D eigenvalue weighted by Gasteiger charge is 2.45. The van der Waals surface area contributed by atoms with Crippen LogP contribution in [0.4, 0.5) is 17.6 Å². The first kappa shape index (κ1) is 33.6. The maximum absolute atomic E-state index is 16.2. The summed E-state index contributed by atoms with van der Waals surface area (Å²) in [4.78, 5) is 18.0. The SMILES string of the molecule is COc1cc(C(=O)NC[C@@](O)(c2cccc(F)c2)c2cc(C(C)(C)O)c(F)c(-c3ccc4c(c3Cl)OC(F)(F)O4)n2)cc2cn(C3CC3)nc12. The topological polar surface area (TPSA) is 128 Å². The molecule has 0 unspecified atom stereocenters. The lowest BCUT2D eigenvalue weighted by atomic mass is 9.86. The van der Waals surface area contributed by atoms with E-state index in [1.807, 2.05) is 10.9 Å². The molecule has 3 heterocycles. The van der Waals surface area contributed by atoms with Crippen LogP contribution in [0.5, 0.6) is 17.2 Å². The molecule has 50 heavy (non-hydrogen) atoms. The number of hydrogen-bond acceptors (Lipinski definition) is 8. The molecule has 7 rings (SSSR count). The van der Waals surface area contributed by atoms with E-state index < -0.39 is 63.8 Å². The molecule has 5 aromatic rings. The second kappa shape index (κ2) is 11.9. The Bertz CT molecular complexity index is 2190. The Hall–Kier alpha value is -4.92. The molecule has 3 N–H and O–H groups in total. The lowest BCUT2D eigenvalue weighted by Gasteiger charge is -2.31. The van der Waals surface area contributed by atoms with Gasteiger partial charge in [-0.15, -0.1) is 8.78 Å². The van der Waals surface area contributed by atoms with Crippen molar-refractivity contribution in [3.8, 4) is 28.5 Å². The predicted octanol–water partition coefficient (Wildman–Crippen LogP) is 6.59. The lowest BCUT2D eigenvalue weighted by molar-refractivity contribution is -0.286. The molecule has 0 radical (unpaired) electrons. The zero-order chi connectivity index (χ0) is 35.7. The van der Waals surface area contributed by atoms with E-state index in [9.17, 15) is 28.2 Å². The first-order valence-electron chi connectivity index (χ1n) is 15.4. The van der Waals surface area contributed by atoms with Crippen LogP contribution in [0.3, 0.4) is 0 Å². The monoisotopic (exact) mass is 712 g/mol. The molecule has 0 saturated heterocycles. The Morgan fingerprint density at radius 2 is 1.88 bits per heavy atom.